The molecule has 0 saturated carbocycles. The lowest BCUT2D eigenvalue weighted by molar-refractivity contribution is 0.206. The van der Waals surface area contributed by atoms with Crippen LogP contribution in [0.1, 0.15) is 12.8 Å². The fourth-order valence-electron chi connectivity index (χ4n) is 4.85. The molecule has 8 nitrogen and oxygen atoms in total. The number of anilines is 2. The van der Waals surface area contributed by atoms with E-state index in [2.05, 4.69) is 37.9 Å². The zero-order chi connectivity index (χ0) is 25.8. The molecule has 5 rings (SSSR count). The second-order valence-electron chi connectivity index (χ2n) is 9.36. The van der Waals surface area contributed by atoms with Crippen molar-refractivity contribution in [1.82, 2.24) is 24.6 Å². The number of aromatic nitrogens is 4. The maximum atomic E-state index is 5.74. The number of aryl methyl sites for hydroxylation is 1. The number of fused-ring (bicyclic) bond motifs is 1. The first-order valence-electron chi connectivity index (χ1n) is 12.5. The van der Waals surface area contributed by atoms with Gasteiger partial charge >= 0.3 is 0 Å². The molecule has 1 unspecified atom stereocenters. The molecule has 0 aliphatic carbocycles. The van der Waals surface area contributed by atoms with Gasteiger partial charge in [-0.3, -0.25) is 9.67 Å². The summed E-state index contributed by atoms with van der Waals surface area (Å²) in [6.45, 7) is 3.65. The summed E-state index contributed by atoms with van der Waals surface area (Å²) in [4.78, 5) is 14.3. The first-order valence-corrected chi connectivity index (χ1v) is 12.5. The predicted molar refractivity (Wildman–Crippen MR) is 146 cm³/mol. The predicted octanol–water partition coefficient (Wildman–Crippen LogP) is 4.53. The van der Waals surface area contributed by atoms with Crippen molar-refractivity contribution in [3.05, 3.63) is 55.0 Å². The van der Waals surface area contributed by atoms with Gasteiger partial charge in [-0.2, -0.15) is 5.10 Å². The molecule has 0 spiro atoms. The molecule has 1 atom stereocenters. The summed E-state index contributed by atoms with van der Waals surface area (Å²) >= 11 is 0. The average Bonchev–Trinajstić information content (AvgIpc) is 3.38. The highest BCUT2D eigenvalue weighted by atomic mass is 16.5. The second kappa shape index (κ2) is 10.9. The van der Waals surface area contributed by atoms with Crippen LogP contribution in [0.2, 0.25) is 0 Å². The third-order valence-electron chi connectivity index (χ3n) is 6.87. The molecule has 1 aliphatic heterocycles. The SMILES string of the molecule is C#CC1CCCN(CCN(c2cc(OC)cc(OC)c2)c2ccc3ncc(-c4cnn(C)c4)nc3c2)C1. The van der Waals surface area contributed by atoms with Crippen LogP contribution in [-0.4, -0.2) is 65.0 Å². The Morgan fingerprint density at radius 2 is 1.86 bits per heavy atom. The van der Waals surface area contributed by atoms with E-state index in [4.69, 9.17) is 20.9 Å². The van der Waals surface area contributed by atoms with E-state index in [-0.39, 0.29) is 0 Å². The number of benzene rings is 2. The Hall–Kier alpha value is -4.09. The number of hydrogen-bond donors (Lipinski definition) is 0. The van der Waals surface area contributed by atoms with Crippen molar-refractivity contribution in [2.24, 2.45) is 13.0 Å². The van der Waals surface area contributed by atoms with Gasteiger partial charge in [0.25, 0.3) is 0 Å². The lowest BCUT2D eigenvalue weighted by Gasteiger charge is -2.33. The van der Waals surface area contributed by atoms with E-state index >= 15 is 0 Å². The number of terminal acetylenes is 1. The molecule has 2 aromatic heterocycles. The summed E-state index contributed by atoms with van der Waals surface area (Å²) in [6.07, 6.45) is 13.5. The number of ether oxygens (including phenoxy) is 2. The van der Waals surface area contributed by atoms with Crippen molar-refractivity contribution in [1.29, 1.82) is 0 Å². The summed E-state index contributed by atoms with van der Waals surface area (Å²) in [5.41, 5.74) is 5.39. The smallest absolute Gasteiger partial charge is 0.124 e. The number of rotatable bonds is 8. The van der Waals surface area contributed by atoms with Gasteiger partial charge in [-0.05, 0) is 37.6 Å². The molecule has 190 valence electrons. The van der Waals surface area contributed by atoms with Gasteiger partial charge in [0.15, 0.2) is 0 Å². The normalized spacial score (nSPS) is 15.9. The van der Waals surface area contributed by atoms with Gasteiger partial charge in [-0.1, -0.05) is 0 Å². The monoisotopic (exact) mass is 496 g/mol. The maximum absolute atomic E-state index is 5.74. The molecule has 4 aromatic rings. The summed E-state index contributed by atoms with van der Waals surface area (Å²) < 4.78 is 12.9. The Morgan fingerprint density at radius 1 is 1.05 bits per heavy atom. The molecule has 0 bridgehead atoms. The van der Waals surface area contributed by atoms with Gasteiger partial charge in [0, 0.05) is 73.9 Å². The third-order valence-corrected chi connectivity index (χ3v) is 6.87. The van der Waals surface area contributed by atoms with Crippen LogP contribution in [-0.2, 0) is 7.05 Å². The summed E-state index contributed by atoms with van der Waals surface area (Å²) in [7, 11) is 5.23. The summed E-state index contributed by atoms with van der Waals surface area (Å²) in [5, 5.41) is 4.27. The number of nitrogens with zero attached hydrogens (tertiary/aromatic N) is 6. The highest BCUT2D eigenvalue weighted by Crippen LogP contribution is 2.34. The standard InChI is InChI=1S/C29H32N6O2/c1-5-21-7-6-10-34(19-21)11-12-35(24-13-25(36-3)16-26(14-24)37-4)23-8-9-27-28(15-23)32-29(18-30-27)22-17-31-33(2)20-22/h1,8-9,13-18,20-21H,6-7,10-12,19H2,2-4H3. The van der Waals surface area contributed by atoms with Crippen molar-refractivity contribution in [2.45, 2.75) is 12.8 Å². The number of hydrogen-bond acceptors (Lipinski definition) is 7. The number of methoxy groups -OCH3 is 2. The van der Waals surface area contributed by atoms with Gasteiger partial charge in [-0.25, -0.2) is 4.98 Å². The zero-order valence-corrected chi connectivity index (χ0v) is 21.6. The van der Waals surface area contributed by atoms with E-state index in [1.807, 2.05) is 37.5 Å². The molecule has 37 heavy (non-hydrogen) atoms. The van der Waals surface area contributed by atoms with Crippen molar-refractivity contribution in [3.8, 4) is 35.1 Å². The van der Waals surface area contributed by atoms with Crippen LogP contribution in [0.25, 0.3) is 22.3 Å². The fourth-order valence-corrected chi connectivity index (χ4v) is 4.85. The third kappa shape index (κ3) is 5.52. The lowest BCUT2D eigenvalue weighted by Crippen LogP contribution is -2.39. The Bertz CT molecular complexity index is 1400. The van der Waals surface area contributed by atoms with Crippen LogP contribution in [0.15, 0.2) is 55.0 Å². The number of likely N-dealkylation sites (tertiary alicyclic amines) is 1. The minimum atomic E-state index is 0.320. The molecular formula is C29H32N6O2. The van der Waals surface area contributed by atoms with Crippen LogP contribution in [0.5, 0.6) is 11.5 Å². The van der Waals surface area contributed by atoms with Gasteiger partial charge in [0.2, 0.25) is 0 Å². The van der Waals surface area contributed by atoms with E-state index in [0.717, 1.165) is 84.2 Å². The van der Waals surface area contributed by atoms with Gasteiger partial charge in [0.1, 0.15) is 11.5 Å². The highest BCUT2D eigenvalue weighted by Gasteiger charge is 2.20. The average molecular weight is 497 g/mol. The number of piperidine rings is 1. The molecular weight excluding hydrogens is 464 g/mol. The fraction of sp³-hybridized carbons (Fsp3) is 0.345. The van der Waals surface area contributed by atoms with E-state index in [0.29, 0.717) is 5.92 Å². The van der Waals surface area contributed by atoms with Crippen LogP contribution < -0.4 is 14.4 Å². The van der Waals surface area contributed by atoms with Gasteiger partial charge in [0.05, 0.1) is 43.3 Å². The second-order valence-corrected chi connectivity index (χ2v) is 9.36. The van der Waals surface area contributed by atoms with Crippen LogP contribution in [0.4, 0.5) is 11.4 Å². The molecule has 0 radical (unpaired) electrons. The van der Waals surface area contributed by atoms with Crippen LogP contribution in [0.3, 0.4) is 0 Å². The van der Waals surface area contributed by atoms with Gasteiger partial charge in [-0.15, -0.1) is 12.3 Å². The molecule has 2 aromatic carbocycles. The minimum Gasteiger partial charge on any atom is -0.497 e. The zero-order valence-electron chi connectivity index (χ0n) is 21.6. The molecule has 1 saturated heterocycles. The lowest BCUT2D eigenvalue weighted by atomic mass is 9.99. The van der Waals surface area contributed by atoms with E-state index in [9.17, 15) is 0 Å². The largest absolute Gasteiger partial charge is 0.497 e. The molecule has 0 N–H and O–H groups in total. The van der Waals surface area contributed by atoms with Crippen LogP contribution >= 0.6 is 0 Å². The molecule has 0 amide bonds. The van der Waals surface area contributed by atoms with E-state index in [1.165, 1.54) is 0 Å². The van der Waals surface area contributed by atoms with Crippen LogP contribution in [0, 0.1) is 18.3 Å². The van der Waals surface area contributed by atoms with Crippen molar-refractivity contribution < 1.29 is 9.47 Å². The summed E-state index contributed by atoms with van der Waals surface area (Å²) in [6, 6.07) is 12.2. The topological polar surface area (TPSA) is 68.5 Å². The molecule has 3 heterocycles. The summed E-state index contributed by atoms with van der Waals surface area (Å²) in [5.74, 6) is 4.75. The Labute approximate surface area is 217 Å². The Morgan fingerprint density at radius 3 is 2.57 bits per heavy atom. The van der Waals surface area contributed by atoms with E-state index < -0.39 is 0 Å². The van der Waals surface area contributed by atoms with Crippen molar-refractivity contribution >= 4 is 22.4 Å². The first kappa shape index (κ1) is 24.6. The highest BCUT2D eigenvalue weighted by molar-refractivity contribution is 5.82. The molecule has 8 heteroatoms. The molecule has 1 fully saturated rings. The Kier molecular flexibility index (Phi) is 7.24. The molecule has 1 aliphatic rings. The van der Waals surface area contributed by atoms with Gasteiger partial charge < -0.3 is 19.3 Å². The van der Waals surface area contributed by atoms with Crippen molar-refractivity contribution in [3.63, 3.8) is 0 Å². The maximum Gasteiger partial charge on any atom is 0.124 e. The Balaban J connectivity index is 1.51. The first-order chi connectivity index (χ1) is 18.1. The van der Waals surface area contributed by atoms with E-state index in [1.54, 1.807) is 31.3 Å². The minimum absolute atomic E-state index is 0.320. The quantitative estimate of drug-likeness (QED) is 0.332. The van der Waals surface area contributed by atoms with Crippen molar-refractivity contribution in [2.75, 3.05) is 45.3 Å².